The van der Waals surface area contributed by atoms with Gasteiger partial charge in [0.25, 0.3) is 0 Å². The molecule has 4 heteroatoms. The van der Waals surface area contributed by atoms with Gasteiger partial charge in [-0.25, -0.2) is 4.79 Å². The van der Waals surface area contributed by atoms with Crippen LogP contribution in [-0.4, -0.2) is 26.3 Å². The first-order valence-corrected chi connectivity index (χ1v) is 9.67. The van der Waals surface area contributed by atoms with Crippen LogP contribution in [0, 0.1) is 5.41 Å². The molecule has 0 fully saturated rings. The molecule has 0 aromatic heterocycles. The summed E-state index contributed by atoms with van der Waals surface area (Å²) in [5.41, 5.74) is 3.98. The lowest BCUT2D eigenvalue weighted by Crippen LogP contribution is -2.33. The van der Waals surface area contributed by atoms with Crippen molar-refractivity contribution in [1.82, 2.24) is 0 Å². The van der Waals surface area contributed by atoms with E-state index < -0.39 is 12.1 Å². The van der Waals surface area contributed by atoms with Gasteiger partial charge in [0.15, 0.2) is 6.10 Å². The van der Waals surface area contributed by atoms with Crippen molar-refractivity contribution < 1.29 is 19.0 Å². The number of hydrogen-bond donors (Lipinski definition) is 0. The van der Waals surface area contributed by atoms with Crippen molar-refractivity contribution in [3.05, 3.63) is 89.5 Å². The van der Waals surface area contributed by atoms with Crippen LogP contribution in [0.25, 0.3) is 0 Å². The van der Waals surface area contributed by atoms with E-state index in [9.17, 15) is 4.79 Å². The number of hydrogen-bond acceptors (Lipinski definition) is 4. The molecule has 0 spiro atoms. The van der Waals surface area contributed by atoms with Crippen molar-refractivity contribution in [1.29, 1.82) is 0 Å². The third-order valence-corrected chi connectivity index (χ3v) is 5.32. The van der Waals surface area contributed by atoms with E-state index in [1.807, 2.05) is 54.6 Å². The van der Waals surface area contributed by atoms with E-state index >= 15 is 0 Å². The Morgan fingerprint density at radius 1 is 1.03 bits per heavy atom. The molecule has 2 aromatic carbocycles. The Hall–Kier alpha value is -2.85. The van der Waals surface area contributed by atoms with Crippen LogP contribution in [0.4, 0.5) is 0 Å². The van der Waals surface area contributed by atoms with Crippen molar-refractivity contribution in [3.63, 3.8) is 0 Å². The highest BCUT2D eigenvalue weighted by Crippen LogP contribution is 2.51. The fourth-order valence-electron chi connectivity index (χ4n) is 3.54. The van der Waals surface area contributed by atoms with E-state index in [0.29, 0.717) is 0 Å². The maximum absolute atomic E-state index is 12.7. The molecule has 0 aliphatic heterocycles. The molecule has 0 saturated heterocycles. The standard InChI is InChI=1S/C25H28O4/c1-17(21-15-25(21,2)3)22(19-9-7-6-8-10-19)23(24(26)28-5)29-16-18-11-13-20(27-4)14-12-18/h6-15,22-23H,1,16H2,2-5H3/t22-,23-/m1/s1. The van der Waals surface area contributed by atoms with Gasteiger partial charge in [-0.3, -0.25) is 0 Å². The Morgan fingerprint density at radius 2 is 1.66 bits per heavy atom. The maximum atomic E-state index is 12.7. The van der Waals surface area contributed by atoms with E-state index in [-0.39, 0.29) is 17.9 Å². The van der Waals surface area contributed by atoms with Crippen LogP contribution >= 0.6 is 0 Å². The molecule has 0 unspecified atom stereocenters. The summed E-state index contributed by atoms with van der Waals surface area (Å²) >= 11 is 0. The van der Waals surface area contributed by atoms with Crippen molar-refractivity contribution in [3.8, 4) is 5.75 Å². The molecule has 0 bridgehead atoms. The second-order valence-electron chi connectivity index (χ2n) is 7.80. The Kier molecular flexibility index (Phi) is 6.23. The van der Waals surface area contributed by atoms with Crippen LogP contribution in [0.1, 0.15) is 30.9 Å². The van der Waals surface area contributed by atoms with Crippen molar-refractivity contribution >= 4 is 5.97 Å². The molecule has 0 heterocycles. The topological polar surface area (TPSA) is 44.8 Å². The quantitative estimate of drug-likeness (QED) is 0.560. The zero-order valence-corrected chi connectivity index (χ0v) is 17.5. The van der Waals surface area contributed by atoms with Crippen LogP contribution in [0.5, 0.6) is 5.75 Å². The monoisotopic (exact) mass is 392 g/mol. The van der Waals surface area contributed by atoms with Gasteiger partial charge in [0, 0.05) is 11.3 Å². The lowest BCUT2D eigenvalue weighted by molar-refractivity contribution is -0.156. The first-order chi connectivity index (χ1) is 13.9. The van der Waals surface area contributed by atoms with E-state index in [0.717, 1.165) is 28.0 Å². The molecular formula is C25H28O4. The zero-order chi connectivity index (χ0) is 21.0. The van der Waals surface area contributed by atoms with Gasteiger partial charge >= 0.3 is 5.97 Å². The Balaban J connectivity index is 1.88. The summed E-state index contributed by atoms with van der Waals surface area (Å²) in [6.45, 7) is 8.89. The van der Waals surface area contributed by atoms with E-state index in [4.69, 9.17) is 14.2 Å². The van der Waals surface area contributed by atoms with Crippen LogP contribution in [-0.2, 0) is 20.9 Å². The van der Waals surface area contributed by atoms with Gasteiger partial charge in [0.1, 0.15) is 5.75 Å². The Bertz CT molecular complexity index is 894. The summed E-state index contributed by atoms with van der Waals surface area (Å²) in [6.07, 6.45) is 1.37. The molecule has 2 atom stereocenters. The van der Waals surface area contributed by atoms with Gasteiger partial charge in [-0.05, 0) is 34.4 Å². The average molecular weight is 392 g/mol. The second kappa shape index (κ2) is 8.66. The summed E-state index contributed by atoms with van der Waals surface area (Å²) in [4.78, 5) is 12.7. The Morgan fingerprint density at radius 3 is 2.17 bits per heavy atom. The summed E-state index contributed by atoms with van der Waals surface area (Å²) < 4.78 is 16.4. The molecule has 1 aliphatic carbocycles. The molecule has 3 rings (SSSR count). The fraction of sp³-hybridized carbons (Fsp3) is 0.320. The Labute approximate surface area is 172 Å². The third kappa shape index (κ3) is 4.77. The number of rotatable bonds is 9. The van der Waals surface area contributed by atoms with Crippen LogP contribution in [0.15, 0.2) is 78.4 Å². The smallest absolute Gasteiger partial charge is 0.335 e. The molecule has 29 heavy (non-hydrogen) atoms. The summed E-state index contributed by atoms with van der Waals surface area (Å²) in [6, 6.07) is 17.5. The summed E-state index contributed by atoms with van der Waals surface area (Å²) in [7, 11) is 3.01. The normalized spacial score (nSPS) is 16.3. The minimum absolute atomic E-state index is 0.000761. The molecule has 4 nitrogen and oxygen atoms in total. The first kappa shape index (κ1) is 20.9. The minimum atomic E-state index is -0.797. The molecule has 0 radical (unpaired) electrons. The minimum Gasteiger partial charge on any atom is -0.497 e. The predicted molar refractivity (Wildman–Crippen MR) is 114 cm³/mol. The SMILES string of the molecule is C=C(C1=CC1(C)C)[C@H](c1ccccc1)[C@@H](OCc1ccc(OC)cc1)C(=O)OC. The van der Waals surface area contributed by atoms with Crippen molar-refractivity contribution in [2.24, 2.45) is 5.41 Å². The predicted octanol–water partition coefficient (Wildman–Crippen LogP) is 5.06. The molecular weight excluding hydrogens is 364 g/mol. The maximum Gasteiger partial charge on any atom is 0.335 e. The van der Waals surface area contributed by atoms with Crippen molar-refractivity contribution in [2.75, 3.05) is 14.2 Å². The van der Waals surface area contributed by atoms with Gasteiger partial charge in [-0.2, -0.15) is 0 Å². The van der Waals surface area contributed by atoms with E-state index in [2.05, 4.69) is 26.5 Å². The molecule has 0 saturated carbocycles. The molecule has 0 N–H and O–H groups in total. The van der Waals surface area contributed by atoms with Gasteiger partial charge in [-0.1, -0.05) is 69.0 Å². The average Bonchev–Trinajstić information content (AvgIpc) is 3.39. The van der Waals surface area contributed by atoms with Gasteiger partial charge in [-0.15, -0.1) is 0 Å². The third-order valence-electron chi connectivity index (χ3n) is 5.32. The molecule has 152 valence electrons. The van der Waals surface area contributed by atoms with E-state index in [1.54, 1.807) is 7.11 Å². The largest absolute Gasteiger partial charge is 0.497 e. The highest BCUT2D eigenvalue weighted by atomic mass is 16.6. The summed E-state index contributed by atoms with van der Waals surface area (Å²) in [5.74, 6) is 0.0409. The highest BCUT2D eigenvalue weighted by molar-refractivity contribution is 5.77. The lowest BCUT2D eigenvalue weighted by Gasteiger charge is -2.28. The zero-order valence-electron chi connectivity index (χ0n) is 17.5. The second-order valence-corrected chi connectivity index (χ2v) is 7.80. The number of carbonyl (C=O) groups excluding carboxylic acids is 1. The highest BCUT2D eigenvalue weighted by Gasteiger charge is 2.42. The molecule has 2 aromatic rings. The first-order valence-electron chi connectivity index (χ1n) is 9.67. The van der Waals surface area contributed by atoms with Gasteiger partial charge < -0.3 is 14.2 Å². The van der Waals surface area contributed by atoms with Crippen LogP contribution in [0.2, 0.25) is 0 Å². The van der Waals surface area contributed by atoms with Crippen LogP contribution in [0.3, 0.4) is 0 Å². The number of ether oxygens (including phenoxy) is 3. The number of methoxy groups -OCH3 is 2. The summed E-state index contributed by atoms with van der Waals surface area (Å²) in [5, 5.41) is 0. The van der Waals surface area contributed by atoms with Crippen LogP contribution < -0.4 is 4.74 Å². The number of carbonyl (C=O) groups is 1. The van der Waals surface area contributed by atoms with Gasteiger partial charge in [0.2, 0.25) is 0 Å². The molecule has 1 aliphatic rings. The fourth-order valence-corrected chi connectivity index (χ4v) is 3.54. The van der Waals surface area contributed by atoms with E-state index in [1.165, 1.54) is 7.11 Å². The molecule has 0 amide bonds. The van der Waals surface area contributed by atoms with Crippen molar-refractivity contribution in [2.45, 2.75) is 32.5 Å². The number of allylic oxidation sites excluding steroid dienone is 2. The van der Waals surface area contributed by atoms with Gasteiger partial charge in [0.05, 0.1) is 20.8 Å². The number of benzene rings is 2. The number of esters is 1. The lowest BCUT2D eigenvalue weighted by atomic mass is 9.83.